The predicted octanol–water partition coefficient (Wildman–Crippen LogP) is 3.56. The van der Waals surface area contributed by atoms with Gasteiger partial charge in [0.2, 0.25) is 0 Å². The first-order valence-electron chi connectivity index (χ1n) is 4.89. The van der Waals surface area contributed by atoms with E-state index in [4.69, 9.17) is 11.6 Å². The lowest BCUT2D eigenvalue weighted by Gasteiger charge is -2.07. The van der Waals surface area contributed by atoms with Crippen LogP contribution in [0.25, 0.3) is 0 Å². The molecular weight excluding hydrogens is 276 g/mol. The minimum Gasteiger partial charge on any atom is -0.293 e. The topological polar surface area (TPSA) is 42.9 Å². The number of ketones is 1. The number of halogens is 1. The van der Waals surface area contributed by atoms with Crippen LogP contribution in [0.15, 0.2) is 34.1 Å². The van der Waals surface area contributed by atoms with Crippen molar-refractivity contribution in [3.63, 3.8) is 0 Å². The monoisotopic (exact) mass is 284 g/mol. The third-order valence-corrected chi connectivity index (χ3v) is 4.28. The van der Waals surface area contributed by atoms with Crippen molar-refractivity contribution in [3.05, 3.63) is 40.4 Å². The largest absolute Gasteiger partial charge is 0.293 e. The second kappa shape index (κ2) is 5.62. The van der Waals surface area contributed by atoms with Crippen LogP contribution in [0.1, 0.15) is 17.3 Å². The van der Waals surface area contributed by atoms with Crippen LogP contribution in [0.4, 0.5) is 0 Å². The molecule has 3 nitrogen and oxygen atoms in total. The summed E-state index contributed by atoms with van der Waals surface area (Å²) < 4.78 is 0.805. The van der Waals surface area contributed by atoms with Crippen LogP contribution in [0.2, 0.25) is 5.02 Å². The van der Waals surface area contributed by atoms with Gasteiger partial charge in [0.25, 0.3) is 0 Å². The minimum atomic E-state index is -0.177. The summed E-state index contributed by atoms with van der Waals surface area (Å²) >= 11 is 8.63. The number of nitrogens with zero attached hydrogens (tertiary/aromatic N) is 2. The second-order valence-corrected chi connectivity index (χ2v) is 6.19. The van der Waals surface area contributed by atoms with Crippen LogP contribution < -0.4 is 0 Å². The molecular formula is C11H9ClN2OS2. The second-order valence-electron chi connectivity index (χ2n) is 3.34. The number of aromatic nitrogens is 2. The fraction of sp³-hybridized carbons (Fsp3) is 0.182. The lowest BCUT2D eigenvalue weighted by molar-refractivity contribution is 0.0994. The van der Waals surface area contributed by atoms with Crippen LogP contribution in [0.5, 0.6) is 0 Å². The highest BCUT2D eigenvalue weighted by Crippen LogP contribution is 2.26. The zero-order valence-electron chi connectivity index (χ0n) is 8.96. The van der Waals surface area contributed by atoms with E-state index in [-0.39, 0.29) is 11.0 Å². The number of thioether (sulfide) groups is 1. The van der Waals surface area contributed by atoms with Crippen LogP contribution >= 0.6 is 34.7 Å². The smallest absolute Gasteiger partial charge is 0.175 e. The molecule has 0 unspecified atom stereocenters. The Morgan fingerprint density at radius 3 is 2.71 bits per heavy atom. The van der Waals surface area contributed by atoms with E-state index in [2.05, 4.69) is 10.2 Å². The maximum atomic E-state index is 12.1. The minimum absolute atomic E-state index is 0.0712. The van der Waals surface area contributed by atoms with Crippen molar-refractivity contribution in [3.8, 4) is 0 Å². The highest BCUT2D eigenvalue weighted by molar-refractivity contribution is 8.02. The summed E-state index contributed by atoms with van der Waals surface area (Å²) in [6, 6.07) is 6.91. The average Bonchev–Trinajstić information content (AvgIpc) is 2.82. The summed E-state index contributed by atoms with van der Waals surface area (Å²) in [5.74, 6) is 0.0712. The van der Waals surface area contributed by atoms with E-state index < -0.39 is 0 Å². The number of hydrogen-bond donors (Lipinski definition) is 0. The summed E-state index contributed by atoms with van der Waals surface area (Å²) in [4.78, 5) is 12.1. The summed E-state index contributed by atoms with van der Waals surface area (Å²) in [7, 11) is 0. The summed E-state index contributed by atoms with van der Waals surface area (Å²) in [5, 5.41) is 8.10. The molecule has 2 rings (SSSR count). The van der Waals surface area contributed by atoms with Crippen molar-refractivity contribution in [2.24, 2.45) is 0 Å². The molecule has 0 aliphatic rings. The van der Waals surface area contributed by atoms with Crippen molar-refractivity contribution in [1.82, 2.24) is 10.2 Å². The zero-order valence-corrected chi connectivity index (χ0v) is 11.4. The van der Waals surface area contributed by atoms with Gasteiger partial charge in [-0.2, -0.15) is 0 Å². The van der Waals surface area contributed by atoms with E-state index in [1.165, 1.54) is 23.1 Å². The van der Waals surface area contributed by atoms with Gasteiger partial charge < -0.3 is 0 Å². The van der Waals surface area contributed by atoms with Crippen molar-refractivity contribution >= 4 is 40.5 Å². The SMILES string of the molecule is C[C@@H](Sc1nncs1)C(=O)c1ccc(Cl)cc1. The molecule has 1 aromatic heterocycles. The third kappa shape index (κ3) is 3.28. The van der Waals surface area contributed by atoms with Gasteiger partial charge in [-0.05, 0) is 31.2 Å². The van der Waals surface area contributed by atoms with E-state index in [0.717, 1.165) is 4.34 Å². The van der Waals surface area contributed by atoms with Gasteiger partial charge in [0.05, 0.1) is 5.25 Å². The van der Waals surface area contributed by atoms with Gasteiger partial charge in [-0.25, -0.2) is 0 Å². The van der Waals surface area contributed by atoms with E-state index in [9.17, 15) is 4.79 Å². The maximum absolute atomic E-state index is 12.1. The quantitative estimate of drug-likeness (QED) is 0.636. The van der Waals surface area contributed by atoms with E-state index >= 15 is 0 Å². The van der Waals surface area contributed by atoms with Gasteiger partial charge in [-0.1, -0.05) is 34.7 Å². The highest BCUT2D eigenvalue weighted by atomic mass is 35.5. The number of rotatable bonds is 4. The van der Waals surface area contributed by atoms with Gasteiger partial charge >= 0.3 is 0 Å². The molecule has 0 fully saturated rings. The van der Waals surface area contributed by atoms with Crippen molar-refractivity contribution < 1.29 is 4.79 Å². The van der Waals surface area contributed by atoms with Crippen molar-refractivity contribution in [2.45, 2.75) is 16.5 Å². The molecule has 6 heteroatoms. The van der Waals surface area contributed by atoms with Crippen LogP contribution in [-0.4, -0.2) is 21.2 Å². The Morgan fingerprint density at radius 2 is 2.12 bits per heavy atom. The highest BCUT2D eigenvalue weighted by Gasteiger charge is 2.17. The lowest BCUT2D eigenvalue weighted by atomic mass is 10.1. The Kier molecular flexibility index (Phi) is 4.15. The molecule has 17 heavy (non-hydrogen) atoms. The Hall–Kier alpha value is -0.910. The fourth-order valence-corrected chi connectivity index (χ4v) is 3.10. The third-order valence-electron chi connectivity index (χ3n) is 2.12. The average molecular weight is 285 g/mol. The molecule has 0 spiro atoms. The van der Waals surface area contributed by atoms with Gasteiger partial charge in [-0.3, -0.25) is 4.79 Å². The van der Waals surface area contributed by atoms with Gasteiger partial charge in [-0.15, -0.1) is 10.2 Å². The van der Waals surface area contributed by atoms with Gasteiger partial charge in [0.15, 0.2) is 10.1 Å². The molecule has 0 N–H and O–H groups in total. The molecule has 0 saturated carbocycles. The van der Waals surface area contributed by atoms with Gasteiger partial charge in [0, 0.05) is 10.6 Å². The summed E-state index contributed by atoms with van der Waals surface area (Å²) in [5.41, 5.74) is 2.32. The van der Waals surface area contributed by atoms with E-state index in [1.54, 1.807) is 29.8 Å². The summed E-state index contributed by atoms with van der Waals surface area (Å²) in [6.07, 6.45) is 0. The number of benzene rings is 1. The Bertz CT molecular complexity index is 499. The lowest BCUT2D eigenvalue weighted by Crippen LogP contribution is -2.13. The Morgan fingerprint density at radius 1 is 1.41 bits per heavy atom. The molecule has 0 saturated heterocycles. The molecule has 0 bridgehead atoms. The maximum Gasteiger partial charge on any atom is 0.175 e. The fourth-order valence-electron chi connectivity index (χ4n) is 1.27. The molecule has 0 radical (unpaired) electrons. The molecule has 88 valence electrons. The standard InChI is InChI=1S/C11H9ClN2OS2/c1-7(17-11-14-13-6-16-11)10(15)8-2-4-9(12)5-3-8/h2-7H,1H3/t7-/m1/s1. The number of Topliss-reactive ketones (excluding diaryl/α,β-unsaturated/α-hetero) is 1. The van der Waals surface area contributed by atoms with Crippen molar-refractivity contribution in [2.75, 3.05) is 0 Å². The summed E-state index contributed by atoms with van der Waals surface area (Å²) in [6.45, 7) is 1.86. The Labute approximate surface area is 112 Å². The van der Waals surface area contributed by atoms with Crippen LogP contribution in [0, 0.1) is 0 Å². The van der Waals surface area contributed by atoms with Gasteiger partial charge in [0.1, 0.15) is 5.51 Å². The van der Waals surface area contributed by atoms with Crippen LogP contribution in [-0.2, 0) is 0 Å². The van der Waals surface area contributed by atoms with Crippen molar-refractivity contribution in [1.29, 1.82) is 0 Å². The molecule has 1 aromatic carbocycles. The first-order valence-corrected chi connectivity index (χ1v) is 7.03. The number of hydrogen-bond acceptors (Lipinski definition) is 5. The normalized spacial score (nSPS) is 12.4. The first-order chi connectivity index (χ1) is 8.16. The molecule has 1 heterocycles. The molecule has 0 aliphatic carbocycles. The zero-order chi connectivity index (χ0) is 12.3. The van der Waals surface area contributed by atoms with E-state index in [1.807, 2.05) is 6.92 Å². The van der Waals surface area contributed by atoms with E-state index in [0.29, 0.717) is 10.6 Å². The molecule has 0 amide bonds. The number of carbonyl (C=O) groups is 1. The molecule has 2 aromatic rings. The predicted molar refractivity (Wildman–Crippen MR) is 71.0 cm³/mol. The van der Waals surface area contributed by atoms with Crippen LogP contribution in [0.3, 0.4) is 0 Å². The number of carbonyl (C=O) groups excluding carboxylic acids is 1. The molecule has 0 aliphatic heterocycles. The Balaban J connectivity index is 2.07. The first kappa shape index (κ1) is 12.5. The molecule has 1 atom stereocenters.